The van der Waals surface area contributed by atoms with Gasteiger partial charge in [-0.1, -0.05) is 26.7 Å². The molecule has 0 saturated heterocycles. The van der Waals surface area contributed by atoms with Crippen LogP contribution in [0.1, 0.15) is 45.3 Å². The Morgan fingerprint density at radius 2 is 2.12 bits per heavy atom. The van der Waals surface area contributed by atoms with E-state index in [0.29, 0.717) is 11.5 Å². The van der Waals surface area contributed by atoms with Crippen molar-refractivity contribution in [2.24, 2.45) is 0 Å². The molecule has 0 N–H and O–H groups in total. The van der Waals surface area contributed by atoms with Crippen molar-refractivity contribution < 1.29 is 9.15 Å². The van der Waals surface area contributed by atoms with E-state index in [1.54, 1.807) is 13.0 Å². The molecule has 0 spiro atoms. The van der Waals surface area contributed by atoms with E-state index >= 15 is 0 Å². The van der Waals surface area contributed by atoms with Crippen LogP contribution >= 0.6 is 0 Å². The predicted molar refractivity (Wildman–Crippen MR) is 63.9 cm³/mol. The summed E-state index contributed by atoms with van der Waals surface area (Å²) in [7, 11) is 0. The highest BCUT2D eigenvalue weighted by molar-refractivity contribution is 5.20. The summed E-state index contributed by atoms with van der Waals surface area (Å²) in [6.45, 7) is 6.01. The molecule has 0 radical (unpaired) electrons. The second kappa shape index (κ2) is 6.36. The van der Waals surface area contributed by atoms with Crippen molar-refractivity contribution in [3.05, 3.63) is 28.3 Å². The summed E-state index contributed by atoms with van der Waals surface area (Å²) >= 11 is 0. The van der Waals surface area contributed by atoms with Crippen molar-refractivity contribution in [1.82, 2.24) is 0 Å². The molecule has 0 aromatic carbocycles. The molecule has 0 saturated carbocycles. The lowest BCUT2D eigenvalue weighted by Gasteiger charge is -2.16. The second-order valence-electron chi connectivity index (χ2n) is 4.01. The number of unbranched alkanes of at least 4 members (excludes halogenated alkanes) is 1. The van der Waals surface area contributed by atoms with Gasteiger partial charge < -0.3 is 9.15 Å². The monoisotopic (exact) mass is 224 g/mol. The predicted octanol–water partition coefficient (Wildman–Crippen LogP) is 3.30. The van der Waals surface area contributed by atoms with E-state index in [0.717, 1.165) is 25.7 Å². The highest BCUT2D eigenvalue weighted by Crippen LogP contribution is 2.16. The van der Waals surface area contributed by atoms with Crippen LogP contribution in [0.5, 0.6) is 5.75 Å². The van der Waals surface area contributed by atoms with Crippen molar-refractivity contribution in [3.8, 4) is 5.75 Å². The quantitative estimate of drug-likeness (QED) is 0.744. The summed E-state index contributed by atoms with van der Waals surface area (Å²) in [4.78, 5) is 11.1. The normalized spacial score (nSPS) is 12.4. The SMILES string of the molecule is CCCC[C@@H](CC)Oc1cc(C)oc(=O)c1. The molecule has 16 heavy (non-hydrogen) atoms. The largest absolute Gasteiger partial charge is 0.490 e. The Balaban J connectivity index is 2.66. The van der Waals surface area contributed by atoms with Crippen LogP contribution < -0.4 is 10.4 Å². The second-order valence-corrected chi connectivity index (χ2v) is 4.01. The molecule has 0 aliphatic carbocycles. The van der Waals surface area contributed by atoms with E-state index in [9.17, 15) is 4.79 Å². The minimum absolute atomic E-state index is 0.196. The molecule has 0 aliphatic heterocycles. The Morgan fingerprint density at radius 1 is 1.38 bits per heavy atom. The lowest BCUT2D eigenvalue weighted by atomic mass is 10.1. The fraction of sp³-hybridized carbons (Fsp3) is 0.615. The van der Waals surface area contributed by atoms with Crippen molar-refractivity contribution >= 4 is 0 Å². The molecule has 0 fully saturated rings. The first-order valence-electron chi connectivity index (χ1n) is 5.94. The van der Waals surface area contributed by atoms with E-state index in [1.165, 1.54) is 6.07 Å². The lowest BCUT2D eigenvalue weighted by molar-refractivity contribution is 0.181. The van der Waals surface area contributed by atoms with Crippen LogP contribution in [-0.2, 0) is 0 Å². The van der Waals surface area contributed by atoms with Crippen molar-refractivity contribution in [2.45, 2.75) is 52.6 Å². The van der Waals surface area contributed by atoms with Crippen LogP contribution in [0.2, 0.25) is 0 Å². The molecule has 1 rings (SSSR count). The van der Waals surface area contributed by atoms with Gasteiger partial charge in [-0.3, -0.25) is 0 Å². The Labute approximate surface area is 96.4 Å². The first kappa shape index (κ1) is 12.8. The molecular formula is C13H20O3. The smallest absolute Gasteiger partial charge is 0.339 e. The maximum absolute atomic E-state index is 11.1. The minimum atomic E-state index is -0.347. The third kappa shape index (κ3) is 4.09. The summed E-state index contributed by atoms with van der Waals surface area (Å²) in [6, 6.07) is 3.16. The third-order valence-corrected chi connectivity index (χ3v) is 2.50. The van der Waals surface area contributed by atoms with Crippen molar-refractivity contribution in [2.75, 3.05) is 0 Å². The highest BCUT2D eigenvalue weighted by Gasteiger charge is 2.08. The first-order valence-corrected chi connectivity index (χ1v) is 5.94. The van der Waals surface area contributed by atoms with Gasteiger partial charge in [-0.05, 0) is 19.8 Å². The van der Waals surface area contributed by atoms with Crippen LogP contribution in [0.25, 0.3) is 0 Å². The van der Waals surface area contributed by atoms with E-state index in [-0.39, 0.29) is 11.7 Å². The molecule has 0 aliphatic rings. The van der Waals surface area contributed by atoms with Gasteiger partial charge in [-0.2, -0.15) is 0 Å². The molecule has 0 bridgehead atoms. The average molecular weight is 224 g/mol. The summed E-state index contributed by atoms with van der Waals surface area (Å²) < 4.78 is 10.6. The van der Waals surface area contributed by atoms with Crippen molar-refractivity contribution in [1.29, 1.82) is 0 Å². The van der Waals surface area contributed by atoms with E-state index in [2.05, 4.69) is 13.8 Å². The average Bonchev–Trinajstić information content (AvgIpc) is 2.22. The molecule has 1 aromatic rings. The van der Waals surface area contributed by atoms with Gasteiger partial charge in [0, 0.05) is 6.07 Å². The van der Waals surface area contributed by atoms with Gasteiger partial charge in [0.15, 0.2) is 0 Å². The van der Waals surface area contributed by atoms with E-state index in [1.807, 2.05) is 0 Å². The van der Waals surface area contributed by atoms with Gasteiger partial charge in [-0.25, -0.2) is 4.79 Å². The van der Waals surface area contributed by atoms with Gasteiger partial charge in [0.1, 0.15) is 11.5 Å². The molecule has 1 atom stereocenters. The van der Waals surface area contributed by atoms with Crippen molar-refractivity contribution in [3.63, 3.8) is 0 Å². The van der Waals surface area contributed by atoms with Gasteiger partial charge in [0.25, 0.3) is 0 Å². The molecular weight excluding hydrogens is 204 g/mol. The minimum Gasteiger partial charge on any atom is -0.490 e. The van der Waals surface area contributed by atoms with Crippen LogP contribution in [0.3, 0.4) is 0 Å². The zero-order valence-electron chi connectivity index (χ0n) is 10.3. The molecule has 3 heteroatoms. The Kier molecular flexibility index (Phi) is 5.09. The molecule has 1 heterocycles. The fourth-order valence-corrected chi connectivity index (χ4v) is 1.61. The molecule has 3 nitrogen and oxygen atoms in total. The number of rotatable bonds is 6. The highest BCUT2D eigenvalue weighted by atomic mass is 16.5. The summed E-state index contributed by atoms with van der Waals surface area (Å²) in [5, 5.41) is 0. The topological polar surface area (TPSA) is 39.4 Å². The maximum Gasteiger partial charge on any atom is 0.339 e. The number of hydrogen-bond acceptors (Lipinski definition) is 3. The zero-order valence-corrected chi connectivity index (χ0v) is 10.3. The molecule has 0 amide bonds. The summed E-state index contributed by atoms with van der Waals surface area (Å²) in [5.74, 6) is 1.21. The fourth-order valence-electron chi connectivity index (χ4n) is 1.61. The van der Waals surface area contributed by atoms with Crippen LogP contribution in [0.4, 0.5) is 0 Å². The van der Waals surface area contributed by atoms with Crippen LogP contribution in [0.15, 0.2) is 21.3 Å². The van der Waals surface area contributed by atoms with Gasteiger partial charge in [0.05, 0.1) is 12.2 Å². The summed E-state index contributed by atoms with van der Waals surface area (Å²) in [5.41, 5.74) is -0.347. The van der Waals surface area contributed by atoms with E-state index in [4.69, 9.17) is 9.15 Å². The van der Waals surface area contributed by atoms with Gasteiger partial charge >= 0.3 is 5.63 Å². The van der Waals surface area contributed by atoms with E-state index < -0.39 is 0 Å². The standard InChI is InChI=1S/C13H20O3/c1-4-6-7-11(5-2)16-12-8-10(3)15-13(14)9-12/h8-9,11H,4-7H2,1-3H3/t11-/m1/s1. The Morgan fingerprint density at radius 3 is 2.69 bits per heavy atom. The molecule has 1 aromatic heterocycles. The van der Waals surface area contributed by atoms with Gasteiger partial charge in [-0.15, -0.1) is 0 Å². The van der Waals surface area contributed by atoms with Crippen LogP contribution in [-0.4, -0.2) is 6.10 Å². The molecule has 90 valence electrons. The van der Waals surface area contributed by atoms with Gasteiger partial charge in [0.2, 0.25) is 0 Å². The number of aryl methyl sites for hydroxylation is 1. The number of hydrogen-bond donors (Lipinski definition) is 0. The Bertz CT molecular complexity index is 368. The van der Waals surface area contributed by atoms with Crippen LogP contribution in [0, 0.1) is 6.92 Å². The number of ether oxygens (including phenoxy) is 1. The Hall–Kier alpha value is -1.25. The maximum atomic E-state index is 11.1. The lowest BCUT2D eigenvalue weighted by Crippen LogP contribution is -2.16. The molecule has 0 unspecified atom stereocenters. The first-order chi connectivity index (χ1) is 7.65. The summed E-state index contributed by atoms with van der Waals surface area (Å²) in [6.07, 6.45) is 4.50. The third-order valence-electron chi connectivity index (χ3n) is 2.50. The zero-order chi connectivity index (χ0) is 12.0.